The maximum atomic E-state index is 12.0. The lowest BCUT2D eigenvalue weighted by Crippen LogP contribution is -2.09. The molecule has 0 bridgehead atoms. The number of esters is 1. The molecule has 0 heterocycles. The number of methoxy groups -OCH3 is 1. The predicted octanol–water partition coefficient (Wildman–Crippen LogP) is 3.33. The van der Waals surface area contributed by atoms with Crippen LogP contribution >= 0.6 is 11.6 Å². The number of benzene rings is 2. The molecule has 0 spiro atoms. The standard InChI is InChI=1S/C16H15ClO3/c1-20-16(19)15-12(9-10-18)3-2-4-14(15)11-5-7-13(17)8-6-11/h2-8,18H,9-10H2,1H3. The van der Waals surface area contributed by atoms with E-state index in [1.54, 1.807) is 12.1 Å². The van der Waals surface area contributed by atoms with Crippen molar-refractivity contribution in [2.45, 2.75) is 6.42 Å². The summed E-state index contributed by atoms with van der Waals surface area (Å²) in [6, 6.07) is 12.8. The van der Waals surface area contributed by atoms with Gasteiger partial charge in [-0.05, 0) is 35.2 Å². The number of ether oxygens (including phenoxy) is 1. The molecule has 0 amide bonds. The third-order valence-corrected chi connectivity index (χ3v) is 3.33. The highest BCUT2D eigenvalue weighted by Crippen LogP contribution is 2.28. The Morgan fingerprint density at radius 1 is 1.20 bits per heavy atom. The van der Waals surface area contributed by atoms with E-state index in [1.807, 2.05) is 30.3 Å². The van der Waals surface area contributed by atoms with Crippen LogP contribution in [0.2, 0.25) is 5.02 Å². The van der Waals surface area contributed by atoms with Gasteiger partial charge in [-0.3, -0.25) is 0 Å². The molecule has 0 saturated carbocycles. The molecule has 2 aromatic carbocycles. The fraction of sp³-hybridized carbons (Fsp3) is 0.188. The molecule has 2 aromatic rings. The van der Waals surface area contributed by atoms with Crippen LogP contribution in [0.3, 0.4) is 0 Å². The number of aliphatic hydroxyl groups excluding tert-OH is 1. The molecule has 0 saturated heterocycles. The second-order valence-corrected chi connectivity index (χ2v) is 4.75. The van der Waals surface area contributed by atoms with Gasteiger partial charge in [0.1, 0.15) is 0 Å². The molecule has 1 N–H and O–H groups in total. The van der Waals surface area contributed by atoms with Crippen LogP contribution in [0.25, 0.3) is 11.1 Å². The van der Waals surface area contributed by atoms with Gasteiger partial charge in [-0.25, -0.2) is 4.79 Å². The van der Waals surface area contributed by atoms with Gasteiger partial charge in [-0.2, -0.15) is 0 Å². The summed E-state index contributed by atoms with van der Waals surface area (Å²) in [5.74, 6) is -0.404. The van der Waals surface area contributed by atoms with Crippen molar-refractivity contribution in [2.75, 3.05) is 13.7 Å². The summed E-state index contributed by atoms with van der Waals surface area (Å²) < 4.78 is 4.86. The van der Waals surface area contributed by atoms with Gasteiger partial charge in [0.25, 0.3) is 0 Å². The summed E-state index contributed by atoms with van der Waals surface area (Å²) >= 11 is 5.89. The van der Waals surface area contributed by atoms with Crippen LogP contribution in [0.5, 0.6) is 0 Å². The topological polar surface area (TPSA) is 46.5 Å². The van der Waals surface area contributed by atoms with Crippen molar-refractivity contribution in [3.8, 4) is 11.1 Å². The van der Waals surface area contributed by atoms with Crippen molar-refractivity contribution in [3.05, 3.63) is 58.6 Å². The Hall–Kier alpha value is -1.84. The summed E-state index contributed by atoms with van der Waals surface area (Å²) in [7, 11) is 1.35. The fourth-order valence-electron chi connectivity index (χ4n) is 2.14. The maximum absolute atomic E-state index is 12.0. The summed E-state index contributed by atoms with van der Waals surface area (Å²) in [5.41, 5.74) is 2.92. The van der Waals surface area contributed by atoms with E-state index in [0.717, 1.165) is 16.7 Å². The Morgan fingerprint density at radius 3 is 2.50 bits per heavy atom. The van der Waals surface area contributed by atoms with Gasteiger partial charge in [0, 0.05) is 11.6 Å². The molecular formula is C16H15ClO3. The minimum atomic E-state index is -0.404. The van der Waals surface area contributed by atoms with Crippen LogP contribution in [0.1, 0.15) is 15.9 Å². The first-order valence-electron chi connectivity index (χ1n) is 6.24. The van der Waals surface area contributed by atoms with E-state index in [1.165, 1.54) is 7.11 Å². The van der Waals surface area contributed by atoms with Gasteiger partial charge in [0.15, 0.2) is 0 Å². The van der Waals surface area contributed by atoms with Gasteiger partial charge >= 0.3 is 5.97 Å². The zero-order chi connectivity index (χ0) is 14.5. The molecule has 20 heavy (non-hydrogen) atoms. The molecule has 0 atom stereocenters. The van der Waals surface area contributed by atoms with E-state index in [9.17, 15) is 4.79 Å². The Bertz CT molecular complexity index is 606. The molecule has 0 aliphatic heterocycles. The Morgan fingerprint density at radius 2 is 1.90 bits per heavy atom. The Labute approximate surface area is 122 Å². The van der Waals surface area contributed by atoms with E-state index in [4.69, 9.17) is 21.4 Å². The largest absolute Gasteiger partial charge is 0.465 e. The van der Waals surface area contributed by atoms with Crippen molar-refractivity contribution < 1.29 is 14.6 Å². The average Bonchev–Trinajstić information content (AvgIpc) is 2.47. The van der Waals surface area contributed by atoms with Crippen LogP contribution in [0, 0.1) is 0 Å². The lowest BCUT2D eigenvalue weighted by Gasteiger charge is -2.13. The lowest BCUT2D eigenvalue weighted by atomic mass is 9.94. The second kappa shape index (κ2) is 6.55. The fourth-order valence-corrected chi connectivity index (χ4v) is 2.27. The van der Waals surface area contributed by atoms with Gasteiger partial charge in [-0.15, -0.1) is 0 Å². The molecule has 3 nitrogen and oxygen atoms in total. The average molecular weight is 291 g/mol. The molecule has 2 rings (SSSR count). The van der Waals surface area contributed by atoms with Gasteiger partial charge < -0.3 is 9.84 Å². The van der Waals surface area contributed by atoms with Crippen molar-refractivity contribution in [2.24, 2.45) is 0 Å². The zero-order valence-electron chi connectivity index (χ0n) is 11.1. The summed E-state index contributed by atoms with van der Waals surface area (Å²) in [6.45, 7) is -0.0198. The van der Waals surface area contributed by atoms with E-state index in [0.29, 0.717) is 17.0 Å². The summed E-state index contributed by atoms with van der Waals surface area (Å²) in [5, 5.41) is 9.77. The maximum Gasteiger partial charge on any atom is 0.338 e. The van der Waals surface area contributed by atoms with E-state index < -0.39 is 5.97 Å². The Kier molecular flexibility index (Phi) is 4.77. The van der Waals surface area contributed by atoms with E-state index >= 15 is 0 Å². The molecule has 0 fully saturated rings. The number of carbonyl (C=O) groups excluding carboxylic acids is 1. The molecule has 0 unspecified atom stereocenters. The number of hydrogen-bond acceptors (Lipinski definition) is 3. The first-order chi connectivity index (χ1) is 9.67. The number of halogens is 1. The van der Waals surface area contributed by atoms with Gasteiger partial charge in [0.05, 0.1) is 12.7 Å². The van der Waals surface area contributed by atoms with Crippen LogP contribution in [-0.2, 0) is 11.2 Å². The second-order valence-electron chi connectivity index (χ2n) is 4.31. The highest BCUT2D eigenvalue weighted by molar-refractivity contribution is 6.30. The quantitative estimate of drug-likeness (QED) is 0.879. The minimum Gasteiger partial charge on any atom is -0.465 e. The van der Waals surface area contributed by atoms with Crippen molar-refractivity contribution in [1.29, 1.82) is 0 Å². The molecule has 0 aliphatic carbocycles. The van der Waals surface area contributed by atoms with Crippen LogP contribution in [-0.4, -0.2) is 24.8 Å². The number of carbonyl (C=O) groups is 1. The van der Waals surface area contributed by atoms with E-state index in [-0.39, 0.29) is 6.61 Å². The molecule has 0 radical (unpaired) electrons. The van der Waals surface area contributed by atoms with Crippen molar-refractivity contribution in [1.82, 2.24) is 0 Å². The monoisotopic (exact) mass is 290 g/mol. The number of hydrogen-bond donors (Lipinski definition) is 1. The first-order valence-corrected chi connectivity index (χ1v) is 6.62. The molecule has 0 aliphatic rings. The van der Waals surface area contributed by atoms with E-state index in [2.05, 4.69) is 0 Å². The van der Waals surface area contributed by atoms with Crippen LogP contribution < -0.4 is 0 Å². The zero-order valence-corrected chi connectivity index (χ0v) is 11.9. The minimum absolute atomic E-state index is 0.0198. The first kappa shape index (κ1) is 14.6. The number of aliphatic hydroxyl groups is 1. The van der Waals surface area contributed by atoms with Crippen LogP contribution in [0.15, 0.2) is 42.5 Å². The predicted molar refractivity (Wildman–Crippen MR) is 79.0 cm³/mol. The molecule has 0 aromatic heterocycles. The van der Waals surface area contributed by atoms with Crippen molar-refractivity contribution in [3.63, 3.8) is 0 Å². The lowest BCUT2D eigenvalue weighted by molar-refractivity contribution is 0.0600. The summed E-state index contributed by atoms with van der Waals surface area (Å²) in [6.07, 6.45) is 0.409. The smallest absolute Gasteiger partial charge is 0.338 e. The molecule has 104 valence electrons. The molecular weight excluding hydrogens is 276 g/mol. The highest BCUT2D eigenvalue weighted by atomic mass is 35.5. The summed E-state index contributed by atoms with van der Waals surface area (Å²) in [4.78, 5) is 12.0. The van der Waals surface area contributed by atoms with Gasteiger partial charge in [0.2, 0.25) is 0 Å². The van der Waals surface area contributed by atoms with Crippen molar-refractivity contribution >= 4 is 17.6 Å². The van der Waals surface area contributed by atoms with Gasteiger partial charge in [-0.1, -0.05) is 41.9 Å². The third-order valence-electron chi connectivity index (χ3n) is 3.08. The SMILES string of the molecule is COC(=O)c1c(CCO)cccc1-c1ccc(Cl)cc1. The Balaban J connectivity index is 2.59. The van der Waals surface area contributed by atoms with Crippen LogP contribution in [0.4, 0.5) is 0 Å². The third kappa shape index (κ3) is 3.00. The normalized spacial score (nSPS) is 10.3. The molecule has 4 heteroatoms. The number of rotatable bonds is 4. The highest BCUT2D eigenvalue weighted by Gasteiger charge is 2.17.